The molecule has 0 aliphatic heterocycles. The van der Waals surface area contributed by atoms with Crippen LogP contribution in [0.5, 0.6) is 0 Å². The van der Waals surface area contributed by atoms with E-state index in [1.807, 2.05) is 31.2 Å². The third kappa shape index (κ3) is 3.81. The topological polar surface area (TPSA) is 68.0 Å². The molecule has 3 N–H and O–H groups in total. The molecule has 4 heteroatoms. The van der Waals surface area contributed by atoms with E-state index in [2.05, 4.69) is 10.3 Å². The van der Waals surface area contributed by atoms with Crippen molar-refractivity contribution in [2.24, 2.45) is 0 Å². The van der Waals surface area contributed by atoms with Gasteiger partial charge in [-0.3, -0.25) is 9.78 Å². The third-order valence-electron chi connectivity index (χ3n) is 2.91. The van der Waals surface area contributed by atoms with Gasteiger partial charge >= 0.3 is 0 Å². The number of hydrogen-bond donors (Lipinski definition) is 2. The lowest BCUT2D eigenvalue weighted by Gasteiger charge is -2.13. The number of anilines is 1. The Labute approximate surface area is 112 Å². The van der Waals surface area contributed by atoms with Gasteiger partial charge in [-0.25, -0.2) is 0 Å². The molecule has 0 spiro atoms. The van der Waals surface area contributed by atoms with Gasteiger partial charge in [0.1, 0.15) is 0 Å². The van der Waals surface area contributed by atoms with Gasteiger partial charge < -0.3 is 11.1 Å². The summed E-state index contributed by atoms with van der Waals surface area (Å²) in [6.45, 7) is 1.94. The molecule has 0 aliphatic carbocycles. The van der Waals surface area contributed by atoms with E-state index in [1.165, 1.54) is 0 Å². The zero-order chi connectivity index (χ0) is 13.7. The van der Waals surface area contributed by atoms with Crippen molar-refractivity contribution in [1.29, 1.82) is 0 Å². The predicted molar refractivity (Wildman–Crippen MR) is 75.4 cm³/mol. The maximum Gasteiger partial charge on any atom is 0.224 e. The van der Waals surface area contributed by atoms with Crippen molar-refractivity contribution in [2.75, 3.05) is 5.73 Å². The van der Waals surface area contributed by atoms with E-state index in [0.717, 1.165) is 11.1 Å². The van der Waals surface area contributed by atoms with Crippen LogP contribution in [0.25, 0.3) is 0 Å². The van der Waals surface area contributed by atoms with Gasteiger partial charge in [-0.1, -0.05) is 18.2 Å². The van der Waals surface area contributed by atoms with Crippen LogP contribution >= 0.6 is 0 Å². The summed E-state index contributed by atoms with van der Waals surface area (Å²) in [5, 5.41) is 2.95. The minimum absolute atomic E-state index is 0.0128. The lowest BCUT2D eigenvalue weighted by atomic mass is 10.1. The molecule has 0 saturated heterocycles. The summed E-state index contributed by atoms with van der Waals surface area (Å²) in [5.74, 6) is -0.0128. The van der Waals surface area contributed by atoms with Gasteiger partial charge in [-0.2, -0.15) is 0 Å². The number of nitrogen functional groups attached to an aromatic ring is 1. The van der Waals surface area contributed by atoms with Crippen molar-refractivity contribution < 1.29 is 4.79 Å². The Hall–Kier alpha value is -2.36. The number of nitrogens with zero attached hydrogens (tertiary/aromatic N) is 1. The Morgan fingerprint density at radius 2 is 2.05 bits per heavy atom. The maximum atomic E-state index is 11.9. The number of rotatable bonds is 4. The number of aromatic nitrogens is 1. The Kier molecular flexibility index (Phi) is 4.13. The molecule has 1 aromatic heterocycles. The van der Waals surface area contributed by atoms with Crippen molar-refractivity contribution in [2.45, 2.75) is 19.4 Å². The fraction of sp³-hybridized carbons (Fsp3) is 0.200. The molecule has 0 radical (unpaired) electrons. The van der Waals surface area contributed by atoms with E-state index in [4.69, 9.17) is 5.73 Å². The van der Waals surface area contributed by atoms with Crippen LogP contribution in [-0.2, 0) is 11.2 Å². The SMILES string of the molecule is C[C@H](NC(=O)Cc1ccc(N)cc1)c1cccnc1. The first-order chi connectivity index (χ1) is 9.15. The molecule has 98 valence electrons. The minimum Gasteiger partial charge on any atom is -0.399 e. The quantitative estimate of drug-likeness (QED) is 0.822. The number of amides is 1. The summed E-state index contributed by atoms with van der Waals surface area (Å²) in [4.78, 5) is 16.0. The van der Waals surface area contributed by atoms with Gasteiger partial charge in [0, 0.05) is 18.1 Å². The molecule has 0 bridgehead atoms. The second-order valence-corrected chi connectivity index (χ2v) is 4.49. The van der Waals surface area contributed by atoms with Crippen molar-refractivity contribution in [3.05, 3.63) is 59.9 Å². The van der Waals surface area contributed by atoms with Crippen molar-refractivity contribution in [3.63, 3.8) is 0 Å². The van der Waals surface area contributed by atoms with Crippen LogP contribution in [0.4, 0.5) is 5.69 Å². The Balaban J connectivity index is 1.93. The molecule has 1 heterocycles. The largest absolute Gasteiger partial charge is 0.399 e. The molecule has 2 rings (SSSR count). The number of carbonyl (C=O) groups excluding carboxylic acids is 1. The molecule has 1 amide bonds. The molecular weight excluding hydrogens is 238 g/mol. The van der Waals surface area contributed by atoms with E-state index < -0.39 is 0 Å². The maximum absolute atomic E-state index is 11.9. The fourth-order valence-electron chi connectivity index (χ4n) is 1.83. The Morgan fingerprint density at radius 3 is 2.68 bits per heavy atom. The predicted octanol–water partition coefficient (Wildman–Crippen LogP) is 2.08. The van der Waals surface area contributed by atoms with Crippen LogP contribution in [0.2, 0.25) is 0 Å². The average Bonchev–Trinajstić information content (AvgIpc) is 2.42. The summed E-state index contributed by atoms with van der Waals surface area (Å²) in [6, 6.07) is 11.1. The number of pyridine rings is 1. The summed E-state index contributed by atoms with van der Waals surface area (Å²) in [6.07, 6.45) is 3.82. The number of hydrogen-bond acceptors (Lipinski definition) is 3. The van der Waals surface area contributed by atoms with E-state index in [1.54, 1.807) is 24.5 Å². The molecule has 0 unspecified atom stereocenters. The zero-order valence-corrected chi connectivity index (χ0v) is 10.8. The summed E-state index contributed by atoms with van der Waals surface area (Å²) < 4.78 is 0. The molecule has 1 aromatic carbocycles. The standard InChI is InChI=1S/C15H17N3O/c1-11(13-3-2-8-17-10-13)18-15(19)9-12-4-6-14(16)7-5-12/h2-8,10-11H,9,16H2,1H3,(H,18,19)/t11-/m0/s1. The van der Waals surface area contributed by atoms with Crippen LogP contribution in [0.1, 0.15) is 24.1 Å². The molecule has 1 atom stereocenters. The van der Waals surface area contributed by atoms with Crippen molar-refractivity contribution >= 4 is 11.6 Å². The minimum atomic E-state index is -0.0463. The molecule has 2 aromatic rings. The summed E-state index contributed by atoms with van der Waals surface area (Å²) in [7, 11) is 0. The van der Waals surface area contributed by atoms with Gasteiger partial charge in [-0.05, 0) is 36.2 Å². The van der Waals surface area contributed by atoms with E-state index >= 15 is 0 Å². The van der Waals surface area contributed by atoms with Crippen LogP contribution in [-0.4, -0.2) is 10.9 Å². The lowest BCUT2D eigenvalue weighted by Crippen LogP contribution is -2.28. The molecule has 0 saturated carbocycles. The van der Waals surface area contributed by atoms with E-state index in [9.17, 15) is 4.79 Å². The van der Waals surface area contributed by atoms with Gasteiger partial charge in [0.05, 0.1) is 12.5 Å². The van der Waals surface area contributed by atoms with Crippen molar-refractivity contribution in [3.8, 4) is 0 Å². The van der Waals surface area contributed by atoms with Crippen LogP contribution in [0.3, 0.4) is 0 Å². The monoisotopic (exact) mass is 255 g/mol. The molecule has 0 fully saturated rings. The Bertz CT molecular complexity index is 537. The third-order valence-corrected chi connectivity index (χ3v) is 2.91. The van der Waals surface area contributed by atoms with Crippen LogP contribution in [0, 0.1) is 0 Å². The molecule has 4 nitrogen and oxygen atoms in total. The number of benzene rings is 1. The van der Waals surface area contributed by atoms with Gasteiger partial charge in [0.15, 0.2) is 0 Å². The first kappa shape index (κ1) is 13.1. The zero-order valence-electron chi connectivity index (χ0n) is 10.8. The molecule has 0 aliphatic rings. The first-order valence-electron chi connectivity index (χ1n) is 6.19. The second-order valence-electron chi connectivity index (χ2n) is 4.49. The second kappa shape index (κ2) is 6.00. The summed E-state index contributed by atoms with van der Waals surface area (Å²) >= 11 is 0. The van der Waals surface area contributed by atoms with Gasteiger partial charge in [0.25, 0.3) is 0 Å². The highest BCUT2D eigenvalue weighted by Crippen LogP contribution is 2.11. The lowest BCUT2D eigenvalue weighted by molar-refractivity contribution is -0.121. The van der Waals surface area contributed by atoms with E-state index in [-0.39, 0.29) is 11.9 Å². The highest BCUT2D eigenvalue weighted by atomic mass is 16.1. The summed E-state index contributed by atoms with van der Waals surface area (Å²) in [5.41, 5.74) is 8.25. The van der Waals surface area contributed by atoms with Gasteiger partial charge in [-0.15, -0.1) is 0 Å². The number of nitrogens with one attached hydrogen (secondary N) is 1. The highest BCUT2D eigenvalue weighted by molar-refractivity contribution is 5.79. The van der Waals surface area contributed by atoms with Crippen molar-refractivity contribution in [1.82, 2.24) is 10.3 Å². The molecule has 19 heavy (non-hydrogen) atoms. The molecular formula is C15H17N3O. The Morgan fingerprint density at radius 1 is 1.32 bits per heavy atom. The van der Waals surface area contributed by atoms with Crippen LogP contribution < -0.4 is 11.1 Å². The fourth-order valence-corrected chi connectivity index (χ4v) is 1.83. The normalized spacial score (nSPS) is 11.8. The average molecular weight is 255 g/mol. The van der Waals surface area contributed by atoms with Crippen LogP contribution in [0.15, 0.2) is 48.8 Å². The van der Waals surface area contributed by atoms with Gasteiger partial charge in [0.2, 0.25) is 5.91 Å². The number of nitrogens with two attached hydrogens (primary N) is 1. The highest BCUT2D eigenvalue weighted by Gasteiger charge is 2.09. The number of carbonyl (C=O) groups is 1. The smallest absolute Gasteiger partial charge is 0.224 e. The first-order valence-corrected chi connectivity index (χ1v) is 6.19. The van der Waals surface area contributed by atoms with E-state index in [0.29, 0.717) is 12.1 Å².